The third-order valence-electron chi connectivity index (χ3n) is 5.65. The number of nitrogens with zero attached hydrogens (tertiary/aromatic N) is 3. The number of methoxy groups -OCH3 is 1. The van der Waals surface area contributed by atoms with Crippen molar-refractivity contribution < 1.29 is 22.7 Å². The minimum atomic E-state index is -3.72. The molecule has 2 amide bonds. The maximum atomic E-state index is 12.8. The topological polar surface area (TPSA) is 120 Å². The van der Waals surface area contributed by atoms with Crippen LogP contribution in [0.1, 0.15) is 28.8 Å². The van der Waals surface area contributed by atoms with Crippen LogP contribution in [0.4, 0.5) is 0 Å². The van der Waals surface area contributed by atoms with E-state index in [9.17, 15) is 18.0 Å². The highest BCUT2D eigenvalue weighted by atomic mass is 32.2. The third kappa shape index (κ3) is 6.56. The van der Waals surface area contributed by atoms with Crippen LogP contribution in [-0.2, 0) is 21.2 Å². The molecule has 0 saturated carbocycles. The number of ether oxygens (including phenoxy) is 1. The van der Waals surface area contributed by atoms with Crippen LogP contribution >= 0.6 is 0 Å². The minimum Gasteiger partial charge on any atom is -0.497 e. The Bertz CT molecular complexity index is 1130. The van der Waals surface area contributed by atoms with Gasteiger partial charge in [0.2, 0.25) is 15.9 Å². The first-order valence-corrected chi connectivity index (χ1v) is 12.5. The van der Waals surface area contributed by atoms with Crippen LogP contribution in [0, 0.1) is 11.3 Å². The maximum absolute atomic E-state index is 12.8. The Kier molecular flexibility index (Phi) is 8.62. The molecule has 2 aromatic carbocycles. The van der Waals surface area contributed by atoms with Gasteiger partial charge in [-0.3, -0.25) is 9.59 Å². The Morgan fingerprint density at radius 3 is 2.21 bits per heavy atom. The standard InChI is InChI=1S/C24H28N4O5S/c1-33-21-8-3-19(4-9-21)5-12-23(29)27-15-17-28(18-16-27)24(30)20-6-10-22(11-7-20)34(31,32)26-14-2-13-25/h3-4,6-11,26H,2,5,12,14-18H2,1H3. The molecule has 1 fully saturated rings. The molecule has 0 aromatic heterocycles. The first kappa shape index (κ1) is 25.2. The van der Waals surface area contributed by atoms with Crippen LogP contribution in [0.25, 0.3) is 0 Å². The van der Waals surface area contributed by atoms with E-state index in [2.05, 4.69) is 4.72 Å². The predicted octanol–water partition coefficient (Wildman–Crippen LogP) is 1.80. The lowest BCUT2D eigenvalue weighted by Gasteiger charge is -2.35. The number of sulfonamides is 1. The fraction of sp³-hybridized carbons (Fsp3) is 0.375. The van der Waals surface area contributed by atoms with Crippen molar-refractivity contribution in [3.8, 4) is 11.8 Å². The molecule has 1 heterocycles. The second-order valence-corrected chi connectivity index (χ2v) is 9.62. The van der Waals surface area contributed by atoms with E-state index < -0.39 is 10.0 Å². The molecule has 34 heavy (non-hydrogen) atoms. The molecule has 0 atom stereocenters. The number of hydrogen-bond acceptors (Lipinski definition) is 6. The van der Waals surface area contributed by atoms with E-state index in [0.29, 0.717) is 44.6 Å². The second-order valence-electron chi connectivity index (χ2n) is 7.85. The lowest BCUT2D eigenvalue weighted by Crippen LogP contribution is -2.50. The van der Waals surface area contributed by atoms with Crippen LogP contribution < -0.4 is 9.46 Å². The van der Waals surface area contributed by atoms with Crippen molar-refractivity contribution in [3.63, 3.8) is 0 Å². The Morgan fingerprint density at radius 2 is 1.62 bits per heavy atom. The molecule has 1 aliphatic heterocycles. The van der Waals surface area contributed by atoms with Gasteiger partial charge in [-0.1, -0.05) is 12.1 Å². The number of nitrogens with one attached hydrogen (secondary N) is 1. The quantitative estimate of drug-likeness (QED) is 0.542. The van der Waals surface area contributed by atoms with E-state index in [-0.39, 0.29) is 29.7 Å². The largest absolute Gasteiger partial charge is 0.497 e. The zero-order chi connectivity index (χ0) is 24.6. The van der Waals surface area contributed by atoms with E-state index in [1.54, 1.807) is 16.9 Å². The molecule has 1 saturated heterocycles. The molecule has 1 aliphatic rings. The molecule has 3 rings (SSSR count). The molecule has 9 nitrogen and oxygen atoms in total. The Morgan fingerprint density at radius 1 is 1.00 bits per heavy atom. The van der Waals surface area contributed by atoms with Crippen LogP contribution in [0.2, 0.25) is 0 Å². The van der Waals surface area contributed by atoms with Gasteiger partial charge in [-0.25, -0.2) is 13.1 Å². The van der Waals surface area contributed by atoms with Gasteiger partial charge in [-0.05, 0) is 48.4 Å². The van der Waals surface area contributed by atoms with Crippen molar-refractivity contribution in [2.45, 2.75) is 24.2 Å². The van der Waals surface area contributed by atoms with Crippen molar-refractivity contribution in [2.75, 3.05) is 39.8 Å². The molecular formula is C24H28N4O5S. The Labute approximate surface area is 200 Å². The van der Waals surface area contributed by atoms with Gasteiger partial charge in [0.05, 0.1) is 18.1 Å². The van der Waals surface area contributed by atoms with E-state index in [1.807, 2.05) is 30.3 Å². The summed E-state index contributed by atoms with van der Waals surface area (Å²) < 4.78 is 31.9. The summed E-state index contributed by atoms with van der Waals surface area (Å²) in [5.74, 6) is 0.632. The molecule has 10 heteroatoms. The van der Waals surface area contributed by atoms with E-state index in [4.69, 9.17) is 10.00 Å². The zero-order valence-electron chi connectivity index (χ0n) is 19.1. The monoisotopic (exact) mass is 484 g/mol. The third-order valence-corrected chi connectivity index (χ3v) is 7.12. The van der Waals surface area contributed by atoms with Gasteiger partial charge in [0.15, 0.2) is 0 Å². The van der Waals surface area contributed by atoms with Gasteiger partial charge in [-0.15, -0.1) is 0 Å². The molecule has 0 aliphatic carbocycles. The Hall–Kier alpha value is -3.42. The number of carbonyl (C=O) groups excluding carboxylic acids is 2. The number of benzene rings is 2. The maximum Gasteiger partial charge on any atom is 0.253 e. The summed E-state index contributed by atoms with van der Waals surface area (Å²) in [5.41, 5.74) is 1.45. The van der Waals surface area contributed by atoms with Gasteiger partial charge in [0, 0.05) is 51.1 Å². The van der Waals surface area contributed by atoms with E-state index in [0.717, 1.165) is 11.3 Å². The SMILES string of the molecule is COc1ccc(CCC(=O)N2CCN(C(=O)c3ccc(S(=O)(=O)NCCC#N)cc3)CC2)cc1. The number of amides is 2. The van der Waals surface area contributed by atoms with E-state index in [1.165, 1.54) is 24.3 Å². The van der Waals surface area contributed by atoms with Gasteiger partial charge in [-0.2, -0.15) is 5.26 Å². The fourth-order valence-electron chi connectivity index (χ4n) is 3.64. The number of aryl methyl sites for hydroxylation is 1. The average molecular weight is 485 g/mol. The van der Waals surface area contributed by atoms with Crippen LogP contribution in [0.5, 0.6) is 5.75 Å². The van der Waals surface area contributed by atoms with Gasteiger partial charge in [0.1, 0.15) is 5.75 Å². The lowest BCUT2D eigenvalue weighted by molar-refractivity contribution is -0.132. The van der Waals surface area contributed by atoms with Crippen LogP contribution in [0.3, 0.4) is 0 Å². The number of piperazine rings is 1. The van der Waals surface area contributed by atoms with Crippen LogP contribution in [0.15, 0.2) is 53.4 Å². The lowest BCUT2D eigenvalue weighted by atomic mass is 10.1. The molecule has 2 aromatic rings. The van der Waals surface area contributed by atoms with Crippen molar-refractivity contribution in [1.82, 2.24) is 14.5 Å². The van der Waals surface area contributed by atoms with Crippen LogP contribution in [-0.4, -0.2) is 69.9 Å². The highest BCUT2D eigenvalue weighted by Gasteiger charge is 2.25. The summed E-state index contributed by atoms with van der Waals surface area (Å²) in [7, 11) is -2.11. The number of nitriles is 1. The predicted molar refractivity (Wildman–Crippen MR) is 126 cm³/mol. The zero-order valence-corrected chi connectivity index (χ0v) is 19.9. The van der Waals surface area contributed by atoms with Crippen molar-refractivity contribution >= 4 is 21.8 Å². The van der Waals surface area contributed by atoms with E-state index >= 15 is 0 Å². The molecular weight excluding hydrogens is 456 g/mol. The minimum absolute atomic E-state index is 0.0304. The van der Waals surface area contributed by atoms with Gasteiger partial charge in [0.25, 0.3) is 5.91 Å². The normalized spacial score (nSPS) is 13.9. The van der Waals surface area contributed by atoms with Crippen molar-refractivity contribution in [2.24, 2.45) is 0 Å². The summed E-state index contributed by atoms with van der Waals surface area (Å²) in [5, 5.41) is 8.54. The molecule has 1 N–H and O–H groups in total. The second kappa shape index (κ2) is 11.6. The number of rotatable bonds is 9. The first-order chi connectivity index (χ1) is 16.3. The summed E-state index contributed by atoms with van der Waals surface area (Å²) in [6, 6.07) is 15.2. The fourth-order valence-corrected chi connectivity index (χ4v) is 4.68. The summed E-state index contributed by atoms with van der Waals surface area (Å²) >= 11 is 0. The highest BCUT2D eigenvalue weighted by Crippen LogP contribution is 2.16. The Balaban J connectivity index is 1.49. The molecule has 0 radical (unpaired) electrons. The van der Waals surface area contributed by atoms with Gasteiger partial charge < -0.3 is 14.5 Å². The number of hydrogen-bond donors (Lipinski definition) is 1. The number of carbonyl (C=O) groups is 2. The average Bonchev–Trinajstić information content (AvgIpc) is 2.87. The summed E-state index contributed by atoms with van der Waals surface area (Å²) in [4.78, 5) is 28.9. The molecule has 0 unspecified atom stereocenters. The van der Waals surface area contributed by atoms with Crippen molar-refractivity contribution in [1.29, 1.82) is 5.26 Å². The summed E-state index contributed by atoms with van der Waals surface area (Å²) in [6.45, 7) is 1.79. The van der Waals surface area contributed by atoms with Gasteiger partial charge >= 0.3 is 0 Å². The smallest absolute Gasteiger partial charge is 0.253 e. The molecule has 0 bridgehead atoms. The first-order valence-electron chi connectivity index (χ1n) is 11.0. The molecule has 0 spiro atoms. The summed E-state index contributed by atoms with van der Waals surface area (Å²) in [6.07, 6.45) is 1.12. The molecule has 180 valence electrons. The van der Waals surface area contributed by atoms with Crippen molar-refractivity contribution in [3.05, 3.63) is 59.7 Å². The highest BCUT2D eigenvalue weighted by molar-refractivity contribution is 7.89.